The van der Waals surface area contributed by atoms with Crippen molar-refractivity contribution in [1.29, 1.82) is 0 Å². The molecular formula is C19H21N3O4S. The maximum Gasteiger partial charge on any atom is 0.296 e. The van der Waals surface area contributed by atoms with Gasteiger partial charge in [-0.25, -0.2) is 4.68 Å². The van der Waals surface area contributed by atoms with Crippen molar-refractivity contribution >= 4 is 10.1 Å². The van der Waals surface area contributed by atoms with Gasteiger partial charge in [-0.05, 0) is 56.2 Å². The third-order valence-corrected chi connectivity index (χ3v) is 5.33. The van der Waals surface area contributed by atoms with Crippen LogP contribution < -0.4 is 4.74 Å². The third kappa shape index (κ3) is 4.93. The normalized spacial score (nSPS) is 11.5. The molecule has 3 rings (SSSR count). The lowest BCUT2D eigenvalue weighted by Gasteiger charge is -2.05. The monoisotopic (exact) mass is 387 g/mol. The molecule has 8 heteroatoms. The fourth-order valence-corrected chi connectivity index (χ4v) is 3.41. The van der Waals surface area contributed by atoms with E-state index in [1.54, 1.807) is 36.1 Å². The van der Waals surface area contributed by atoms with Gasteiger partial charge in [0, 0.05) is 0 Å². The zero-order chi connectivity index (χ0) is 19.3. The lowest BCUT2D eigenvalue weighted by Crippen LogP contribution is -2.08. The van der Waals surface area contributed by atoms with Crippen molar-refractivity contribution in [2.75, 3.05) is 13.7 Å². The van der Waals surface area contributed by atoms with Crippen molar-refractivity contribution in [1.82, 2.24) is 15.0 Å². The highest BCUT2D eigenvalue weighted by Gasteiger charge is 2.14. The van der Waals surface area contributed by atoms with Crippen LogP contribution in [0.1, 0.15) is 17.7 Å². The second-order valence-corrected chi connectivity index (χ2v) is 7.66. The molecule has 0 aliphatic rings. The molecule has 0 aliphatic heterocycles. The van der Waals surface area contributed by atoms with Crippen LogP contribution in [0.25, 0.3) is 5.69 Å². The first-order valence-corrected chi connectivity index (χ1v) is 9.90. The molecule has 2 aromatic carbocycles. The Hall–Kier alpha value is -2.71. The smallest absolute Gasteiger partial charge is 0.296 e. The second kappa shape index (κ2) is 8.32. The van der Waals surface area contributed by atoms with Gasteiger partial charge in [-0.2, -0.15) is 8.42 Å². The van der Waals surface area contributed by atoms with Crippen molar-refractivity contribution in [3.63, 3.8) is 0 Å². The summed E-state index contributed by atoms with van der Waals surface area (Å²) in [5.74, 6) is 0.769. The molecule has 0 radical (unpaired) electrons. The minimum absolute atomic E-state index is 0.0889. The number of hydrogen-bond acceptors (Lipinski definition) is 6. The number of rotatable bonds is 8. The molecule has 0 aliphatic carbocycles. The summed E-state index contributed by atoms with van der Waals surface area (Å²) in [7, 11) is -2.11. The molecule has 7 nitrogen and oxygen atoms in total. The molecule has 1 heterocycles. The van der Waals surface area contributed by atoms with Gasteiger partial charge < -0.3 is 4.74 Å². The van der Waals surface area contributed by atoms with Crippen molar-refractivity contribution in [3.05, 3.63) is 66.0 Å². The van der Waals surface area contributed by atoms with Crippen molar-refractivity contribution < 1.29 is 17.3 Å². The van der Waals surface area contributed by atoms with Crippen molar-refractivity contribution in [2.24, 2.45) is 0 Å². The molecule has 27 heavy (non-hydrogen) atoms. The van der Waals surface area contributed by atoms with E-state index in [2.05, 4.69) is 10.3 Å². The van der Waals surface area contributed by atoms with E-state index in [1.165, 1.54) is 0 Å². The molecule has 0 atom stereocenters. The number of benzene rings is 2. The van der Waals surface area contributed by atoms with E-state index in [-0.39, 0.29) is 11.5 Å². The molecule has 0 amide bonds. The first-order valence-electron chi connectivity index (χ1n) is 8.50. The van der Waals surface area contributed by atoms with Crippen molar-refractivity contribution in [2.45, 2.75) is 24.7 Å². The summed E-state index contributed by atoms with van der Waals surface area (Å²) in [4.78, 5) is 0.165. The maximum atomic E-state index is 12.1. The van der Waals surface area contributed by atoms with Gasteiger partial charge in [-0.1, -0.05) is 22.9 Å². The second-order valence-electron chi connectivity index (χ2n) is 6.05. The number of aryl methyl sites for hydroxylation is 2. The van der Waals surface area contributed by atoms with Gasteiger partial charge in [0.1, 0.15) is 5.75 Å². The minimum atomic E-state index is -3.73. The molecule has 0 bridgehead atoms. The summed E-state index contributed by atoms with van der Waals surface area (Å²) in [6.07, 6.45) is 2.91. The molecule has 0 N–H and O–H groups in total. The Morgan fingerprint density at radius 3 is 2.41 bits per heavy atom. The Morgan fingerprint density at radius 1 is 1.04 bits per heavy atom. The summed E-state index contributed by atoms with van der Waals surface area (Å²) in [5.41, 5.74) is 2.63. The molecule has 0 unspecified atom stereocenters. The van der Waals surface area contributed by atoms with E-state index in [9.17, 15) is 8.42 Å². The standard InChI is InChI=1S/C19H21N3O4S/c1-15-5-11-19(12-6-15)27(23,24)26-13-3-4-16-14-22(21-20-16)17-7-9-18(25-2)10-8-17/h5-12,14H,3-4,13H2,1-2H3. The fourth-order valence-electron chi connectivity index (χ4n) is 2.47. The molecule has 1 aromatic heterocycles. The number of hydrogen-bond donors (Lipinski definition) is 0. The van der Waals surface area contributed by atoms with Gasteiger partial charge in [0.05, 0.1) is 36.2 Å². The van der Waals surface area contributed by atoms with Gasteiger partial charge in [0.15, 0.2) is 0 Å². The average Bonchev–Trinajstić information content (AvgIpc) is 3.15. The Morgan fingerprint density at radius 2 is 1.74 bits per heavy atom. The molecule has 0 saturated heterocycles. The first kappa shape index (κ1) is 19.1. The van der Waals surface area contributed by atoms with E-state index in [0.29, 0.717) is 12.8 Å². The van der Waals surface area contributed by atoms with Gasteiger partial charge in [0.25, 0.3) is 10.1 Å². The number of nitrogens with zero attached hydrogens (tertiary/aromatic N) is 3. The number of ether oxygens (including phenoxy) is 1. The van der Waals surface area contributed by atoms with E-state index in [4.69, 9.17) is 8.92 Å². The minimum Gasteiger partial charge on any atom is -0.497 e. The van der Waals surface area contributed by atoms with Crippen LogP contribution in [-0.2, 0) is 20.7 Å². The highest BCUT2D eigenvalue weighted by atomic mass is 32.2. The summed E-state index contributed by atoms with van der Waals surface area (Å²) in [6, 6.07) is 14.0. The highest BCUT2D eigenvalue weighted by Crippen LogP contribution is 2.15. The quantitative estimate of drug-likeness (QED) is 0.437. The Bertz CT molecular complexity index is 981. The first-order chi connectivity index (χ1) is 13.0. The summed E-state index contributed by atoms with van der Waals surface area (Å²) in [5, 5.41) is 8.21. The number of methoxy groups -OCH3 is 1. The van der Waals surface area contributed by atoms with Crippen LogP contribution in [0.5, 0.6) is 5.75 Å². The van der Waals surface area contributed by atoms with Crippen molar-refractivity contribution in [3.8, 4) is 11.4 Å². The predicted molar refractivity (Wildman–Crippen MR) is 101 cm³/mol. The SMILES string of the molecule is COc1ccc(-n2cc(CCCOS(=O)(=O)c3ccc(C)cc3)nn2)cc1. The Balaban J connectivity index is 1.52. The fraction of sp³-hybridized carbons (Fsp3) is 0.263. The molecule has 0 fully saturated rings. The van der Waals surface area contributed by atoms with E-state index < -0.39 is 10.1 Å². The van der Waals surface area contributed by atoms with E-state index in [0.717, 1.165) is 22.7 Å². The Labute approximate surface area is 158 Å². The predicted octanol–water partition coefficient (Wildman–Crippen LogP) is 2.92. The van der Waals surface area contributed by atoms with Crippen LogP contribution in [0.2, 0.25) is 0 Å². The topological polar surface area (TPSA) is 83.3 Å². The maximum absolute atomic E-state index is 12.1. The number of aromatic nitrogens is 3. The Kier molecular flexibility index (Phi) is 5.88. The molecule has 0 saturated carbocycles. The largest absolute Gasteiger partial charge is 0.497 e. The van der Waals surface area contributed by atoms with E-state index in [1.807, 2.05) is 37.4 Å². The molecular weight excluding hydrogens is 366 g/mol. The van der Waals surface area contributed by atoms with Crippen LogP contribution in [0, 0.1) is 6.92 Å². The lowest BCUT2D eigenvalue weighted by atomic mass is 10.2. The third-order valence-electron chi connectivity index (χ3n) is 4.00. The van der Waals surface area contributed by atoms with Crippen LogP contribution in [0.4, 0.5) is 0 Å². The highest BCUT2D eigenvalue weighted by molar-refractivity contribution is 7.86. The van der Waals surface area contributed by atoms with Crippen LogP contribution >= 0.6 is 0 Å². The van der Waals surface area contributed by atoms with Crippen LogP contribution in [-0.4, -0.2) is 37.1 Å². The summed E-state index contributed by atoms with van der Waals surface area (Å²) >= 11 is 0. The lowest BCUT2D eigenvalue weighted by molar-refractivity contribution is 0.312. The molecule has 142 valence electrons. The van der Waals surface area contributed by atoms with Gasteiger partial charge in [0.2, 0.25) is 0 Å². The zero-order valence-corrected chi connectivity index (χ0v) is 16.0. The zero-order valence-electron chi connectivity index (χ0n) is 15.2. The van der Waals surface area contributed by atoms with Crippen LogP contribution in [0.3, 0.4) is 0 Å². The average molecular weight is 387 g/mol. The summed E-state index contributed by atoms with van der Waals surface area (Å²) in [6.45, 7) is 1.99. The van der Waals surface area contributed by atoms with Gasteiger partial charge in [-0.3, -0.25) is 4.18 Å². The molecule has 0 spiro atoms. The van der Waals surface area contributed by atoms with Crippen LogP contribution in [0.15, 0.2) is 59.6 Å². The molecule has 3 aromatic rings. The van der Waals surface area contributed by atoms with Gasteiger partial charge in [-0.15, -0.1) is 5.10 Å². The van der Waals surface area contributed by atoms with E-state index >= 15 is 0 Å². The van der Waals surface area contributed by atoms with Gasteiger partial charge >= 0.3 is 0 Å². The summed E-state index contributed by atoms with van der Waals surface area (Å²) < 4.78 is 36.2.